The fourth-order valence-electron chi connectivity index (χ4n) is 0.855. The lowest BCUT2D eigenvalue weighted by molar-refractivity contribution is 0.144. The van der Waals surface area contributed by atoms with Crippen molar-refractivity contribution in [2.75, 3.05) is 7.11 Å². The summed E-state index contributed by atoms with van der Waals surface area (Å²) in [6, 6.07) is 3.13. The second kappa shape index (κ2) is 4.50. The summed E-state index contributed by atoms with van der Waals surface area (Å²) < 4.78 is 29.7. The van der Waals surface area contributed by atoms with E-state index in [-0.39, 0.29) is 15.0 Å². The summed E-state index contributed by atoms with van der Waals surface area (Å²) in [5.74, 6) is 0.0252. The molecule has 0 aliphatic rings. The van der Waals surface area contributed by atoms with Gasteiger partial charge in [-0.1, -0.05) is 0 Å². The van der Waals surface area contributed by atoms with Gasteiger partial charge in [-0.3, -0.25) is 0 Å². The second-order valence-corrected chi connectivity index (χ2v) is 3.40. The van der Waals surface area contributed by atoms with Gasteiger partial charge in [0.1, 0.15) is 11.8 Å². The molecule has 0 saturated carbocycles. The van der Waals surface area contributed by atoms with Crippen LogP contribution in [0.25, 0.3) is 0 Å². The van der Waals surface area contributed by atoms with Crippen LogP contribution in [0.2, 0.25) is 0 Å². The standard InChI is InChI=1S/C8H5F2IN2O/c1-14-5-2-4(3-12)6(11)7(13-5)8(9)10/h2,8H,1H3. The van der Waals surface area contributed by atoms with Gasteiger partial charge < -0.3 is 4.74 Å². The highest BCUT2D eigenvalue weighted by atomic mass is 127. The Morgan fingerprint density at radius 1 is 1.64 bits per heavy atom. The van der Waals surface area contributed by atoms with E-state index in [0.717, 1.165) is 0 Å². The van der Waals surface area contributed by atoms with E-state index in [4.69, 9.17) is 10.00 Å². The van der Waals surface area contributed by atoms with Crippen LogP contribution in [0, 0.1) is 14.9 Å². The van der Waals surface area contributed by atoms with E-state index in [1.807, 2.05) is 0 Å². The van der Waals surface area contributed by atoms with E-state index in [9.17, 15) is 8.78 Å². The fourth-order valence-corrected chi connectivity index (χ4v) is 1.49. The molecule has 0 unspecified atom stereocenters. The van der Waals surface area contributed by atoms with Crippen molar-refractivity contribution in [3.05, 3.63) is 20.9 Å². The largest absolute Gasteiger partial charge is 0.481 e. The Bertz CT molecular complexity index is 390. The zero-order valence-corrected chi connectivity index (χ0v) is 9.25. The smallest absolute Gasteiger partial charge is 0.281 e. The van der Waals surface area contributed by atoms with Crippen LogP contribution >= 0.6 is 22.6 Å². The van der Waals surface area contributed by atoms with E-state index < -0.39 is 12.1 Å². The van der Waals surface area contributed by atoms with Crippen molar-refractivity contribution in [3.8, 4) is 11.9 Å². The summed E-state index contributed by atoms with van der Waals surface area (Å²) in [6.07, 6.45) is -2.70. The lowest BCUT2D eigenvalue weighted by Crippen LogP contribution is -2.00. The summed E-state index contributed by atoms with van der Waals surface area (Å²) in [7, 11) is 1.31. The Hall–Kier alpha value is -0.970. The van der Waals surface area contributed by atoms with Gasteiger partial charge in [-0.2, -0.15) is 5.26 Å². The molecule has 0 fully saturated rings. The number of nitriles is 1. The SMILES string of the molecule is COc1cc(C#N)c(I)c(C(F)F)n1. The highest BCUT2D eigenvalue weighted by molar-refractivity contribution is 14.1. The van der Waals surface area contributed by atoms with Crippen LogP contribution < -0.4 is 4.74 Å². The van der Waals surface area contributed by atoms with Gasteiger partial charge in [0.25, 0.3) is 6.43 Å². The average molecular weight is 310 g/mol. The Kier molecular flexibility index (Phi) is 3.57. The van der Waals surface area contributed by atoms with Gasteiger partial charge >= 0.3 is 0 Å². The van der Waals surface area contributed by atoms with Gasteiger partial charge in [0.15, 0.2) is 0 Å². The van der Waals surface area contributed by atoms with Crippen LogP contribution in [0.15, 0.2) is 6.07 Å². The molecule has 1 aromatic heterocycles. The van der Waals surface area contributed by atoms with Crippen molar-refractivity contribution in [2.45, 2.75) is 6.43 Å². The van der Waals surface area contributed by atoms with Crippen molar-refractivity contribution in [3.63, 3.8) is 0 Å². The third kappa shape index (κ3) is 2.09. The first kappa shape index (κ1) is 11.1. The van der Waals surface area contributed by atoms with Gasteiger partial charge in [-0.05, 0) is 22.6 Å². The van der Waals surface area contributed by atoms with E-state index in [0.29, 0.717) is 0 Å². The number of aromatic nitrogens is 1. The molecule has 0 atom stereocenters. The summed E-state index contributed by atoms with van der Waals surface area (Å²) in [5, 5.41) is 8.66. The first-order valence-corrected chi connectivity index (χ1v) is 4.60. The number of ether oxygens (including phenoxy) is 1. The Labute approximate surface area is 92.8 Å². The number of rotatable bonds is 2. The van der Waals surface area contributed by atoms with Crippen LogP contribution in [-0.2, 0) is 0 Å². The molecule has 0 saturated heterocycles. The van der Waals surface area contributed by atoms with Crippen molar-refractivity contribution < 1.29 is 13.5 Å². The molecule has 3 nitrogen and oxygen atoms in total. The predicted molar refractivity (Wildman–Crippen MR) is 53.2 cm³/mol. The van der Waals surface area contributed by atoms with Crippen molar-refractivity contribution in [1.29, 1.82) is 5.26 Å². The van der Waals surface area contributed by atoms with Crippen LogP contribution in [0.5, 0.6) is 5.88 Å². The molecule has 0 aliphatic heterocycles. The fraction of sp³-hybridized carbons (Fsp3) is 0.250. The van der Waals surface area contributed by atoms with Gasteiger partial charge in [-0.25, -0.2) is 13.8 Å². The summed E-state index contributed by atoms with van der Waals surface area (Å²) >= 11 is 1.67. The number of pyridine rings is 1. The molecule has 74 valence electrons. The number of alkyl halides is 2. The summed E-state index contributed by atoms with van der Waals surface area (Å²) in [4.78, 5) is 3.57. The summed E-state index contributed by atoms with van der Waals surface area (Å²) in [6.45, 7) is 0. The third-order valence-corrected chi connectivity index (χ3v) is 2.63. The van der Waals surface area contributed by atoms with Gasteiger partial charge in [0, 0.05) is 6.07 Å². The minimum atomic E-state index is -2.70. The molecule has 0 aliphatic carbocycles. The van der Waals surface area contributed by atoms with E-state index >= 15 is 0 Å². The highest BCUT2D eigenvalue weighted by Gasteiger charge is 2.18. The Morgan fingerprint density at radius 2 is 2.29 bits per heavy atom. The van der Waals surface area contributed by atoms with E-state index in [1.54, 1.807) is 28.7 Å². The number of methoxy groups -OCH3 is 1. The van der Waals surface area contributed by atoms with Crippen molar-refractivity contribution >= 4 is 22.6 Å². The number of halogens is 3. The molecule has 0 bridgehead atoms. The van der Waals surface area contributed by atoms with Crippen LogP contribution in [0.1, 0.15) is 17.7 Å². The molecule has 0 radical (unpaired) electrons. The lowest BCUT2D eigenvalue weighted by Gasteiger charge is -2.06. The zero-order valence-electron chi connectivity index (χ0n) is 7.09. The quantitative estimate of drug-likeness (QED) is 0.789. The first-order chi connectivity index (χ1) is 6.60. The zero-order chi connectivity index (χ0) is 10.7. The second-order valence-electron chi connectivity index (χ2n) is 2.32. The maximum absolute atomic E-state index is 12.4. The van der Waals surface area contributed by atoms with Crippen molar-refractivity contribution in [2.24, 2.45) is 0 Å². The Balaban J connectivity index is 3.36. The molecule has 1 rings (SSSR count). The molecule has 1 heterocycles. The topological polar surface area (TPSA) is 45.9 Å². The monoisotopic (exact) mass is 310 g/mol. The maximum atomic E-state index is 12.4. The third-order valence-electron chi connectivity index (χ3n) is 1.50. The number of hydrogen-bond acceptors (Lipinski definition) is 3. The van der Waals surface area contributed by atoms with E-state index in [2.05, 4.69) is 4.98 Å². The number of hydrogen-bond donors (Lipinski definition) is 0. The molecule has 6 heteroatoms. The Morgan fingerprint density at radius 3 is 2.71 bits per heavy atom. The van der Waals surface area contributed by atoms with Crippen LogP contribution in [-0.4, -0.2) is 12.1 Å². The van der Waals surface area contributed by atoms with Gasteiger partial charge in [0.2, 0.25) is 5.88 Å². The molecule has 0 N–H and O–H groups in total. The molecular weight excluding hydrogens is 305 g/mol. The lowest BCUT2D eigenvalue weighted by atomic mass is 10.2. The maximum Gasteiger partial charge on any atom is 0.281 e. The van der Waals surface area contributed by atoms with Crippen molar-refractivity contribution in [1.82, 2.24) is 4.98 Å². The average Bonchev–Trinajstić information content (AvgIpc) is 2.17. The van der Waals surface area contributed by atoms with Crippen LogP contribution in [0.4, 0.5) is 8.78 Å². The molecule has 0 aromatic carbocycles. The first-order valence-electron chi connectivity index (χ1n) is 3.52. The minimum Gasteiger partial charge on any atom is -0.481 e. The molecular formula is C8H5F2IN2O. The van der Waals surface area contributed by atoms with Gasteiger partial charge in [0.05, 0.1) is 16.2 Å². The normalized spacial score (nSPS) is 10.0. The van der Waals surface area contributed by atoms with E-state index in [1.165, 1.54) is 13.2 Å². The van der Waals surface area contributed by atoms with Gasteiger partial charge in [-0.15, -0.1) is 0 Å². The molecule has 14 heavy (non-hydrogen) atoms. The predicted octanol–water partition coefficient (Wildman–Crippen LogP) is 2.50. The minimum absolute atomic E-state index is 0.0252. The van der Waals surface area contributed by atoms with Crippen LogP contribution in [0.3, 0.4) is 0 Å². The summed E-state index contributed by atoms with van der Waals surface area (Å²) in [5.41, 5.74) is -0.269. The number of nitrogens with zero attached hydrogens (tertiary/aromatic N) is 2. The molecule has 0 spiro atoms. The molecule has 1 aromatic rings. The highest BCUT2D eigenvalue weighted by Crippen LogP contribution is 2.27. The molecule has 0 amide bonds.